The van der Waals surface area contributed by atoms with Crippen LogP contribution >= 0.6 is 11.3 Å². The quantitative estimate of drug-likeness (QED) is 0.813. The molecule has 0 aliphatic carbocycles. The summed E-state index contributed by atoms with van der Waals surface area (Å²) in [6, 6.07) is 9.11. The Hall–Kier alpha value is -2.67. The van der Waals surface area contributed by atoms with E-state index < -0.39 is 12.1 Å². The van der Waals surface area contributed by atoms with Crippen LogP contribution in [0.25, 0.3) is 0 Å². The van der Waals surface area contributed by atoms with E-state index in [9.17, 15) is 14.4 Å². The normalized spacial score (nSPS) is 11.6. The topological polar surface area (TPSA) is 75.7 Å². The Morgan fingerprint density at radius 2 is 1.77 bits per heavy atom. The van der Waals surface area contributed by atoms with Crippen LogP contribution in [-0.2, 0) is 14.3 Å². The Labute approximate surface area is 156 Å². The second-order valence-electron chi connectivity index (χ2n) is 5.95. The van der Waals surface area contributed by atoms with Gasteiger partial charge in [-0.1, -0.05) is 18.2 Å². The molecule has 0 saturated carbocycles. The largest absolute Gasteiger partial charge is 0.449 e. The lowest BCUT2D eigenvalue weighted by Crippen LogP contribution is -2.37. The molecule has 0 unspecified atom stereocenters. The fourth-order valence-electron chi connectivity index (χ4n) is 2.44. The number of hydrogen-bond acceptors (Lipinski definition) is 5. The number of amides is 2. The third-order valence-corrected chi connectivity index (χ3v) is 5.11. The molecule has 138 valence electrons. The zero-order chi connectivity index (χ0) is 19.4. The summed E-state index contributed by atoms with van der Waals surface area (Å²) in [5.74, 6) is -1.23. The van der Waals surface area contributed by atoms with Gasteiger partial charge in [-0.2, -0.15) is 0 Å². The maximum Gasteiger partial charge on any atom is 0.342 e. The number of thiophene rings is 1. The van der Waals surface area contributed by atoms with Gasteiger partial charge in [-0.15, -0.1) is 11.3 Å². The molecule has 0 aliphatic heterocycles. The van der Waals surface area contributed by atoms with E-state index in [1.807, 2.05) is 25.1 Å². The van der Waals surface area contributed by atoms with E-state index in [-0.39, 0.29) is 11.8 Å². The van der Waals surface area contributed by atoms with Crippen molar-refractivity contribution in [2.45, 2.75) is 33.8 Å². The number of hydrogen-bond donors (Lipinski definition) is 1. The van der Waals surface area contributed by atoms with Crippen LogP contribution in [0, 0.1) is 13.8 Å². The number of nitrogens with zero attached hydrogens (tertiary/aromatic N) is 1. The lowest BCUT2D eigenvalue weighted by molar-refractivity contribution is -0.126. The number of para-hydroxylation sites is 1. The molecule has 0 fully saturated rings. The summed E-state index contributed by atoms with van der Waals surface area (Å²) in [6.45, 7) is 6.56. The number of nitrogens with one attached hydrogen (secondary N) is 1. The van der Waals surface area contributed by atoms with Crippen molar-refractivity contribution in [2.75, 3.05) is 17.3 Å². The summed E-state index contributed by atoms with van der Waals surface area (Å²) < 4.78 is 5.38. The summed E-state index contributed by atoms with van der Waals surface area (Å²) >= 11 is 1.31. The van der Waals surface area contributed by atoms with Gasteiger partial charge in [-0.25, -0.2) is 4.79 Å². The SMILES string of the molecule is CC(=O)Nc1sc(C)c(C)c1C(=O)O[C@H](C)C(=O)N(C)c1ccccc1. The molecule has 2 amide bonds. The smallest absolute Gasteiger partial charge is 0.342 e. The lowest BCUT2D eigenvalue weighted by atomic mass is 10.1. The van der Waals surface area contributed by atoms with Crippen molar-refractivity contribution >= 4 is 39.8 Å². The van der Waals surface area contributed by atoms with Crippen molar-refractivity contribution in [3.63, 3.8) is 0 Å². The van der Waals surface area contributed by atoms with Crippen LogP contribution < -0.4 is 10.2 Å². The molecule has 0 spiro atoms. The number of likely N-dealkylation sites (N-methyl/N-ethyl adjacent to an activating group) is 1. The highest BCUT2D eigenvalue weighted by Crippen LogP contribution is 2.33. The third-order valence-electron chi connectivity index (χ3n) is 3.98. The van der Waals surface area contributed by atoms with Crippen LogP contribution in [0.15, 0.2) is 30.3 Å². The van der Waals surface area contributed by atoms with E-state index in [1.165, 1.54) is 30.1 Å². The van der Waals surface area contributed by atoms with E-state index in [2.05, 4.69) is 5.32 Å². The molecule has 7 heteroatoms. The van der Waals surface area contributed by atoms with Crippen molar-refractivity contribution in [2.24, 2.45) is 0 Å². The number of rotatable bonds is 5. The Kier molecular flexibility index (Phi) is 6.15. The van der Waals surface area contributed by atoms with Crippen LogP contribution in [0.3, 0.4) is 0 Å². The molecule has 0 radical (unpaired) electrons. The molecule has 2 aromatic rings. The highest BCUT2D eigenvalue weighted by atomic mass is 32.1. The zero-order valence-electron chi connectivity index (χ0n) is 15.5. The van der Waals surface area contributed by atoms with Crippen LogP contribution in [0.2, 0.25) is 0 Å². The standard InChI is InChI=1S/C19H22N2O4S/c1-11-13(3)26-17(20-14(4)22)16(11)19(24)25-12(2)18(23)21(5)15-9-7-6-8-10-15/h6-10,12H,1-5H3,(H,20,22)/t12-/m1/s1. The highest BCUT2D eigenvalue weighted by molar-refractivity contribution is 7.16. The second kappa shape index (κ2) is 8.14. The summed E-state index contributed by atoms with van der Waals surface area (Å²) in [4.78, 5) is 38.9. The van der Waals surface area contributed by atoms with Crippen molar-refractivity contribution in [1.29, 1.82) is 0 Å². The van der Waals surface area contributed by atoms with Crippen molar-refractivity contribution in [3.05, 3.63) is 46.3 Å². The molecule has 0 aliphatic rings. The molecule has 1 aromatic carbocycles. The Morgan fingerprint density at radius 3 is 2.35 bits per heavy atom. The summed E-state index contributed by atoms with van der Waals surface area (Å²) in [6.07, 6.45) is -0.961. The molecule has 1 aromatic heterocycles. The molecular formula is C19H22N2O4S. The zero-order valence-corrected chi connectivity index (χ0v) is 16.3. The molecule has 1 atom stereocenters. The van der Waals surface area contributed by atoms with Crippen molar-refractivity contribution in [3.8, 4) is 0 Å². The van der Waals surface area contributed by atoms with Crippen molar-refractivity contribution < 1.29 is 19.1 Å². The molecule has 6 nitrogen and oxygen atoms in total. The van der Waals surface area contributed by atoms with Gasteiger partial charge in [0.1, 0.15) is 5.00 Å². The van der Waals surface area contributed by atoms with E-state index in [0.717, 1.165) is 10.4 Å². The summed E-state index contributed by atoms with van der Waals surface area (Å²) in [7, 11) is 1.63. The predicted octanol–water partition coefficient (Wildman–Crippen LogP) is 3.53. The van der Waals surface area contributed by atoms with Gasteiger partial charge in [0, 0.05) is 24.5 Å². The fourth-order valence-corrected chi connectivity index (χ4v) is 3.54. The maximum atomic E-state index is 12.6. The van der Waals surface area contributed by atoms with Gasteiger partial charge in [0.05, 0.1) is 5.56 Å². The first-order chi connectivity index (χ1) is 12.2. The molecule has 0 saturated heterocycles. The number of aryl methyl sites for hydroxylation is 1. The van der Waals surface area contributed by atoms with Crippen LogP contribution in [0.1, 0.15) is 34.6 Å². The molecule has 2 rings (SSSR count). The van der Waals surface area contributed by atoms with Gasteiger partial charge in [0.25, 0.3) is 5.91 Å². The number of anilines is 2. The summed E-state index contributed by atoms with van der Waals surface area (Å²) in [5.41, 5.74) is 1.74. The van der Waals surface area contributed by atoms with Gasteiger partial charge in [-0.05, 0) is 38.5 Å². The lowest BCUT2D eigenvalue weighted by Gasteiger charge is -2.21. The number of esters is 1. The van der Waals surface area contributed by atoms with E-state index >= 15 is 0 Å². The third kappa shape index (κ3) is 4.29. The van der Waals surface area contributed by atoms with Crippen molar-refractivity contribution in [1.82, 2.24) is 0 Å². The number of ether oxygens (including phenoxy) is 1. The Balaban J connectivity index is 2.17. The van der Waals surface area contributed by atoms with Gasteiger partial charge >= 0.3 is 5.97 Å². The monoisotopic (exact) mass is 374 g/mol. The van der Waals surface area contributed by atoms with E-state index in [1.54, 1.807) is 26.1 Å². The minimum atomic E-state index is -0.961. The second-order valence-corrected chi connectivity index (χ2v) is 7.17. The van der Waals surface area contributed by atoms with Crippen LogP contribution in [-0.4, -0.2) is 30.9 Å². The first kappa shape index (κ1) is 19.7. The molecule has 0 bridgehead atoms. The first-order valence-corrected chi connectivity index (χ1v) is 8.95. The average molecular weight is 374 g/mol. The Bertz CT molecular complexity index is 830. The van der Waals surface area contributed by atoms with E-state index in [0.29, 0.717) is 16.3 Å². The van der Waals surface area contributed by atoms with Gasteiger partial charge in [0.15, 0.2) is 6.10 Å². The number of carbonyl (C=O) groups is 3. The first-order valence-electron chi connectivity index (χ1n) is 8.13. The predicted molar refractivity (Wildman–Crippen MR) is 103 cm³/mol. The minimum absolute atomic E-state index is 0.270. The minimum Gasteiger partial charge on any atom is -0.449 e. The van der Waals surface area contributed by atoms with Gasteiger partial charge < -0.3 is 15.0 Å². The average Bonchev–Trinajstić information content (AvgIpc) is 2.87. The van der Waals surface area contributed by atoms with Gasteiger partial charge in [0.2, 0.25) is 5.91 Å². The Morgan fingerprint density at radius 1 is 1.15 bits per heavy atom. The van der Waals surface area contributed by atoms with Crippen LogP contribution in [0.5, 0.6) is 0 Å². The molecule has 1 heterocycles. The number of benzene rings is 1. The molecular weight excluding hydrogens is 352 g/mol. The summed E-state index contributed by atoms with van der Waals surface area (Å²) in [5, 5.41) is 3.09. The maximum absolute atomic E-state index is 12.6. The highest BCUT2D eigenvalue weighted by Gasteiger charge is 2.27. The number of carbonyl (C=O) groups excluding carboxylic acids is 3. The fraction of sp³-hybridized carbons (Fsp3) is 0.316. The van der Waals surface area contributed by atoms with Crippen LogP contribution in [0.4, 0.5) is 10.7 Å². The molecule has 1 N–H and O–H groups in total. The van der Waals surface area contributed by atoms with E-state index in [4.69, 9.17) is 4.74 Å². The van der Waals surface area contributed by atoms with Gasteiger partial charge in [-0.3, -0.25) is 9.59 Å². The molecule has 26 heavy (non-hydrogen) atoms.